The monoisotopic (exact) mass is 1560 g/mol. The van der Waals surface area contributed by atoms with Gasteiger partial charge in [-0.3, -0.25) is 0 Å². The smallest absolute Gasteiger partial charge is 0.143 e. The number of aliphatic hydroxyl groups excluding tert-OH is 6. The van der Waals surface area contributed by atoms with Crippen molar-refractivity contribution in [1.29, 1.82) is 0 Å². The number of hydrogen-bond donors (Lipinski definition) is 8. The first kappa shape index (κ1) is 66.7. The fourth-order valence-corrected chi connectivity index (χ4v) is 18.1. The van der Waals surface area contributed by atoms with Gasteiger partial charge in [-0.25, -0.2) is 44.9 Å². The van der Waals surface area contributed by atoms with Crippen LogP contribution in [0.3, 0.4) is 0 Å². The summed E-state index contributed by atoms with van der Waals surface area (Å²) in [6.07, 6.45) is 8.57. The van der Waals surface area contributed by atoms with Crippen molar-refractivity contribution in [3.8, 4) is 0 Å². The molecule has 510 valence electrons. The minimum atomic E-state index is -0.910. The molecule has 6 fully saturated rings. The van der Waals surface area contributed by atoms with E-state index in [0.29, 0.717) is 68.0 Å². The molecule has 3 aliphatic carbocycles. The highest BCUT2D eigenvalue weighted by molar-refractivity contribution is 9.11. The fourth-order valence-electron chi connectivity index (χ4n) is 16.8. The average molecular weight is 1570 g/mol. The van der Waals surface area contributed by atoms with Gasteiger partial charge in [0.2, 0.25) is 0 Å². The molecular formula is C72H69Br3Cl2N14O8. The molecule has 27 heteroatoms. The third-order valence-electron chi connectivity index (χ3n) is 22.2. The van der Waals surface area contributed by atoms with Crippen LogP contribution in [0.5, 0.6) is 0 Å². The SMILES string of the molecule is Cc1ncnc2c1ccn2[C@@H]1C[C@@]2(CN[C@H](c3ccc4cc(Br)c(N)nc4c3)C2)[C@@H](O)[C@H]1O.Cc1ncnc2c1ccn2[C@@H]1C[C@@]2(CO[C@@H](c3ccc4cc(Br)c(Cl)nc4c3)C2)[C@@H](O)[C@H]1O.Cc1ncnc2c1ccn2[C@@H]1C[C@@]2(CO[C@H](c3ccc4cc(Br)c(Cl)nc4c3)C2)[C@@H](O)[C@H]1O. The van der Waals surface area contributed by atoms with Crippen LogP contribution in [0.15, 0.2) is 142 Å². The topological polar surface area (TPSA) is 309 Å². The quantitative estimate of drug-likeness (QED) is 0.0717. The summed E-state index contributed by atoms with van der Waals surface area (Å²) in [5, 5.41) is 76.9. The van der Waals surface area contributed by atoms with Gasteiger partial charge in [-0.1, -0.05) is 59.6 Å². The van der Waals surface area contributed by atoms with E-state index in [0.717, 1.165) is 119 Å². The molecule has 0 amide bonds. The molecule has 99 heavy (non-hydrogen) atoms. The summed E-state index contributed by atoms with van der Waals surface area (Å²) in [7, 11) is 0. The Balaban J connectivity index is 0.000000116. The fraction of sp³-hybridized carbons (Fsp3) is 0.375. The molecule has 15 atom stereocenters. The standard InChI is InChI=1S/2C24H22BrClN4O3.C24H25BrN6O2/c2*1-12-15-4-5-30(23(15)28-11-27-12)18-8-24(21(32)20(18)31)9-19(33-10-24)14-3-2-13-6-16(25)22(26)29-17(13)7-14;1-12-15-4-5-31(23(15)29-11-28-12)19-9-24(21(33)20(19)32)8-18(27-10-24)14-3-2-13-6-16(25)22(26)30-17(13)7-14/h2*2-7,11,18-21,31-32H,8-10H2,1H3;2-7,11,18-21,27,32-33H,8-10H2,1H3,(H2,26,30)/t18-,19+,20+,21+,24-;18-,19-,20+,21+,24-;18-,19+,20-,21-,24-/m110/s1. The number of aryl methyl sites for hydroxylation is 3. The first-order chi connectivity index (χ1) is 47.6. The molecule has 0 radical (unpaired) electrons. The third-order valence-corrected chi connectivity index (χ3v) is 25.1. The Labute approximate surface area is 602 Å². The predicted molar refractivity (Wildman–Crippen MR) is 386 cm³/mol. The molecule has 3 aromatic carbocycles. The summed E-state index contributed by atoms with van der Waals surface area (Å²) in [4.78, 5) is 39.5. The number of fused-ring (bicyclic) bond motifs is 6. The number of nitrogens with one attached hydrogen (secondary N) is 1. The van der Waals surface area contributed by atoms with Crippen LogP contribution < -0.4 is 11.1 Å². The van der Waals surface area contributed by atoms with E-state index < -0.39 is 52.9 Å². The molecule has 3 spiro atoms. The van der Waals surface area contributed by atoms with E-state index in [1.165, 1.54) is 12.7 Å². The molecule has 3 aliphatic heterocycles. The average Bonchev–Trinajstić information content (AvgIpc) is 1.69. The van der Waals surface area contributed by atoms with Gasteiger partial charge in [-0.15, -0.1) is 0 Å². The third kappa shape index (κ3) is 11.5. The zero-order valence-corrected chi connectivity index (χ0v) is 60.0. The van der Waals surface area contributed by atoms with Crippen LogP contribution in [0.4, 0.5) is 5.82 Å². The minimum absolute atomic E-state index is 0.0626. The van der Waals surface area contributed by atoms with E-state index in [2.05, 4.69) is 110 Å². The van der Waals surface area contributed by atoms with Crippen molar-refractivity contribution in [2.75, 3.05) is 25.5 Å². The van der Waals surface area contributed by atoms with Crippen molar-refractivity contribution < 1.29 is 40.1 Å². The Morgan fingerprint density at radius 1 is 0.465 bits per heavy atom. The van der Waals surface area contributed by atoms with Crippen molar-refractivity contribution in [1.82, 2.24) is 63.9 Å². The molecule has 3 saturated heterocycles. The number of benzene rings is 3. The Hall–Kier alpha value is -6.79. The van der Waals surface area contributed by atoms with Crippen LogP contribution in [-0.4, -0.2) is 146 Å². The molecule has 3 saturated carbocycles. The van der Waals surface area contributed by atoms with Crippen LogP contribution >= 0.6 is 71.0 Å². The van der Waals surface area contributed by atoms with Gasteiger partial charge in [0.25, 0.3) is 0 Å². The molecule has 0 unspecified atom stereocenters. The van der Waals surface area contributed by atoms with E-state index in [1.54, 1.807) is 6.33 Å². The lowest BCUT2D eigenvalue weighted by molar-refractivity contribution is -0.0309. The van der Waals surface area contributed by atoms with Crippen LogP contribution in [0, 0.1) is 37.0 Å². The molecule has 12 aromatic rings. The molecular weight excluding hydrogens is 1500 g/mol. The summed E-state index contributed by atoms with van der Waals surface area (Å²) < 4.78 is 20.6. The van der Waals surface area contributed by atoms with E-state index in [1.807, 2.05) is 132 Å². The van der Waals surface area contributed by atoms with Crippen molar-refractivity contribution in [2.24, 2.45) is 16.2 Å². The first-order valence-corrected chi connectivity index (χ1v) is 36.0. The molecule has 9 aromatic heterocycles. The number of nitrogens with zero attached hydrogens (tertiary/aromatic N) is 12. The van der Waals surface area contributed by atoms with Crippen LogP contribution in [0.25, 0.3) is 65.8 Å². The van der Waals surface area contributed by atoms with Gasteiger partial charge in [0.15, 0.2) is 0 Å². The number of aromatic nitrogens is 12. The second-order valence-electron chi connectivity index (χ2n) is 27.8. The van der Waals surface area contributed by atoms with E-state index in [-0.39, 0.29) is 36.4 Å². The van der Waals surface area contributed by atoms with Gasteiger partial charge in [0, 0.05) is 79.7 Å². The highest BCUT2D eigenvalue weighted by Crippen LogP contribution is 2.58. The maximum Gasteiger partial charge on any atom is 0.143 e. The second-order valence-corrected chi connectivity index (χ2v) is 31.1. The van der Waals surface area contributed by atoms with Crippen LogP contribution in [-0.2, 0) is 9.47 Å². The maximum atomic E-state index is 11.2. The molecule has 12 heterocycles. The highest BCUT2D eigenvalue weighted by Gasteiger charge is 2.60. The Bertz CT molecular complexity index is 4680. The number of hydrogen-bond acceptors (Lipinski definition) is 19. The maximum absolute atomic E-state index is 11.2. The zero-order chi connectivity index (χ0) is 68.7. The number of rotatable bonds is 6. The zero-order valence-electron chi connectivity index (χ0n) is 53.8. The summed E-state index contributed by atoms with van der Waals surface area (Å²) in [5.41, 5.74) is 15.0. The first-order valence-electron chi connectivity index (χ1n) is 32.9. The summed E-state index contributed by atoms with van der Waals surface area (Å²) in [5.74, 6) is 0.464. The van der Waals surface area contributed by atoms with Gasteiger partial charge in [-0.2, -0.15) is 0 Å². The lowest BCUT2D eigenvalue weighted by Gasteiger charge is -2.27. The number of anilines is 1. The van der Waals surface area contributed by atoms with Crippen molar-refractivity contribution >= 4 is 143 Å². The lowest BCUT2D eigenvalue weighted by Crippen LogP contribution is -2.38. The van der Waals surface area contributed by atoms with Crippen LogP contribution in [0.1, 0.15) is 109 Å². The summed E-state index contributed by atoms with van der Waals surface area (Å²) >= 11 is 22.6. The highest BCUT2D eigenvalue weighted by atomic mass is 79.9. The van der Waals surface area contributed by atoms with Crippen molar-refractivity contribution in [3.05, 3.63) is 186 Å². The van der Waals surface area contributed by atoms with Crippen LogP contribution in [0.2, 0.25) is 10.3 Å². The van der Waals surface area contributed by atoms with Crippen molar-refractivity contribution in [2.45, 2.75) is 132 Å². The number of halogens is 5. The number of pyridine rings is 3. The van der Waals surface area contributed by atoms with E-state index >= 15 is 0 Å². The summed E-state index contributed by atoms with van der Waals surface area (Å²) in [6, 6.07) is 29.3. The molecule has 18 rings (SSSR count). The molecule has 22 nitrogen and oxygen atoms in total. The number of nitrogens with two attached hydrogens (primary N) is 1. The predicted octanol–water partition coefficient (Wildman–Crippen LogP) is 12.1. The van der Waals surface area contributed by atoms with E-state index in [9.17, 15) is 30.6 Å². The Kier molecular flexibility index (Phi) is 17.3. The molecule has 0 bridgehead atoms. The van der Waals surface area contributed by atoms with E-state index in [4.69, 9.17) is 38.4 Å². The van der Waals surface area contributed by atoms with Gasteiger partial charge in [-0.05, 0) is 178 Å². The summed E-state index contributed by atoms with van der Waals surface area (Å²) in [6.45, 7) is 7.23. The number of aliphatic hydroxyl groups is 6. The largest absolute Gasteiger partial charge is 0.390 e. The lowest BCUT2D eigenvalue weighted by atomic mass is 9.80. The van der Waals surface area contributed by atoms with Gasteiger partial charge in [0.1, 0.15) is 70.4 Å². The van der Waals surface area contributed by atoms with Gasteiger partial charge < -0.3 is 64.9 Å². The number of nitrogen functional groups attached to an aromatic ring is 1. The minimum Gasteiger partial charge on any atom is -0.390 e. The van der Waals surface area contributed by atoms with Gasteiger partial charge in [0.05, 0.1) is 109 Å². The van der Waals surface area contributed by atoms with Gasteiger partial charge >= 0.3 is 0 Å². The number of ether oxygens (including phenoxy) is 2. The molecule has 6 aliphatic rings. The Morgan fingerprint density at radius 3 is 1.27 bits per heavy atom. The normalized spacial score (nSPS) is 29.6. The van der Waals surface area contributed by atoms with Crippen molar-refractivity contribution in [3.63, 3.8) is 0 Å². The second kappa shape index (κ2) is 25.6. The Morgan fingerprint density at radius 2 is 0.838 bits per heavy atom. The molecule has 9 N–H and O–H groups in total.